The number of methoxy groups -OCH3 is 1. The van der Waals surface area contributed by atoms with Crippen molar-refractivity contribution in [1.82, 2.24) is 15.6 Å². The molecule has 0 aliphatic carbocycles. The number of piperidine rings is 1. The molecule has 1 aliphatic heterocycles. The molecule has 1 saturated heterocycles. The van der Waals surface area contributed by atoms with Gasteiger partial charge in [0.1, 0.15) is 5.76 Å². The number of hydrogen-bond donors (Lipinski definition) is 2. The van der Waals surface area contributed by atoms with Crippen LogP contribution in [0, 0.1) is 5.41 Å². The average Bonchev–Trinajstić information content (AvgIpc) is 3.33. The number of aromatic nitrogens is 1. The van der Waals surface area contributed by atoms with Crippen molar-refractivity contribution in [3.63, 3.8) is 0 Å². The van der Waals surface area contributed by atoms with Crippen molar-refractivity contribution in [2.45, 2.75) is 19.4 Å². The monoisotopic (exact) mass is 385 g/mol. The van der Waals surface area contributed by atoms with E-state index in [0.29, 0.717) is 13.2 Å². The Morgan fingerprint density at radius 1 is 1.30 bits per heavy atom. The molecule has 1 aromatic carbocycles. The third kappa shape index (κ3) is 3.76. The normalized spacial score (nSPS) is 16.5. The van der Waals surface area contributed by atoms with Gasteiger partial charge in [-0.2, -0.15) is 0 Å². The van der Waals surface area contributed by atoms with Crippen molar-refractivity contribution in [3.8, 4) is 10.8 Å². The first-order valence-corrected chi connectivity index (χ1v) is 9.94. The summed E-state index contributed by atoms with van der Waals surface area (Å²) < 4.78 is 12.4. The summed E-state index contributed by atoms with van der Waals surface area (Å²) in [7, 11) is 1.65. The third-order valence-electron chi connectivity index (χ3n) is 5.05. The lowest BCUT2D eigenvalue weighted by molar-refractivity contribution is -0.136. The number of rotatable bonds is 6. The van der Waals surface area contributed by atoms with Gasteiger partial charge in [-0.05, 0) is 50.2 Å². The van der Waals surface area contributed by atoms with Crippen molar-refractivity contribution >= 4 is 27.5 Å². The first-order chi connectivity index (χ1) is 13.2. The summed E-state index contributed by atoms with van der Waals surface area (Å²) in [6.07, 6.45) is 1.56. The van der Waals surface area contributed by atoms with Gasteiger partial charge in [0, 0.05) is 7.11 Å². The number of thiazole rings is 1. The van der Waals surface area contributed by atoms with Crippen LogP contribution in [0.3, 0.4) is 0 Å². The topological polar surface area (TPSA) is 76.4 Å². The van der Waals surface area contributed by atoms with Crippen LogP contribution < -0.4 is 10.6 Å². The third-order valence-corrected chi connectivity index (χ3v) is 6.10. The average molecular weight is 385 g/mol. The molecule has 2 N–H and O–H groups in total. The van der Waals surface area contributed by atoms with E-state index in [0.717, 1.165) is 52.7 Å². The maximum atomic E-state index is 12.8. The molecular weight excluding hydrogens is 362 g/mol. The first-order valence-electron chi connectivity index (χ1n) is 9.13. The summed E-state index contributed by atoms with van der Waals surface area (Å²) in [6.45, 7) is 2.47. The Hall–Kier alpha value is -2.22. The number of hydrogen-bond acceptors (Lipinski definition) is 6. The molecular formula is C20H23N3O3S. The molecule has 1 fully saturated rings. The highest BCUT2D eigenvalue weighted by atomic mass is 32.1. The summed E-state index contributed by atoms with van der Waals surface area (Å²) in [4.78, 5) is 17.4. The Kier molecular flexibility index (Phi) is 5.24. The van der Waals surface area contributed by atoms with Gasteiger partial charge in [0.25, 0.3) is 0 Å². The number of carbonyl (C=O) groups excluding carboxylic acids is 1. The Bertz CT molecular complexity index is 889. The van der Waals surface area contributed by atoms with Gasteiger partial charge in [-0.25, -0.2) is 4.98 Å². The predicted octanol–water partition coefficient (Wildman–Crippen LogP) is 3.19. The second-order valence-electron chi connectivity index (χ2n) is 6.90. The smallest absolute Gasteiger partial charge is 0.229 e. The van der Waals surface area contributed by atoms with Gasteiger partial charge >= 0.3 is 0 Å². The van der Waals surface area contributed by atoms with Crippen molar-refractivity contribution in [2.75, 3.05) is 26.8 Å². The number of carbonyl (C=O) groups is 1. The Labute approximate surface area is 161 Å². The number of ether oxygens (including phenoxy) is 1. The van der Waals surface area contributed by atoms with E-state index in [-0.39, 0.29) is 5.91 Å². The lowest BCUT2D eigenvalue weighted by Gasteiger charge is -2.35. The maximum absolute atomic E-state index is 12.8. The van der Waals surface area contributed by atoms with E-state index >= 15 is 0 Å². The van der Waals surface area contributed by atoms with E-state index < -0.39 is 5.41 Å². The van der Waals surface area contributed by atoms with Crippen LogP contribution in [0.2, 0.25) is 0 Å². The second-order valence-corrected chi connectivity index (χ2v) is 7.93. The van der Waals surface area contributed by atoms with Crippen LogP contribution in [0.15, 0.2) is 40.8 Å². The minimum atomic E-state index is -0.456. The van der Waals surface area contributed by atoms with Crippen molar-refractivity contribution in [2.24, 2.45) is 5.41 Å². The van der Waals surface area contributed by atoms with Crippen LogP contribution in [0.4, 0.5) is 0 Å². The summed E-state index contributed by atoms with van der Waals surface area (Å²) in [6, 6.07) is 11.8. The summed E-state index contributed by atoms with van der Waals surface area (Å²) in [5.74, 6) is 1.48. The van der Waals surface area contributed by atoms with Crippen LogP contribution in [0.1, 0.15) is 18.6 Å². The van der Waals surface area contributed by atoms with Crippen LogP contribution >= 0.6 is 11.3 Å². The van der Waals surface area contributed by atoms with Crippen molar-refractivity contribution < 1.29 is 13.9 Å². The lowest BCUT2D eigenvalue weighted by Crippen LogP contribution is -2.49. The Morgan fingerprint density at radius 3 is 2.89 bits per heavy atom. The zero-order chi connectivity index (χ0) is 18.7. The van der Waals surface area contributed by atoms with Gasteiger partial charge in [-0.1, -0.05) is 12.1 Å². The maximum Gasteiger partial charge on any atom is 0.229 e. The molecule has 0 unspecified atom stereocenters. The zero-order valence-electron chi connectivity index (χ0n) is 15.3. The molecule has 4 rings (SSSR count). The van der Waals surface area contributed by atoms with E-state index in [1.54, 1.807) is 18.4 Å². The van der Waals surface area contributed by atoms with Crippen LogP contribution in [-0.4, -0.2) is 37.7 Å². The van der Waals surface area contributed by atoms with Gasteiger partial charge in [0.15, 0.2) is 10.8 Å². The van der Waals surface area contributed by atoms with Crippen LogP contribution in [-0.2, 0) is 16.1 Å². The zero-order valence-corrected chi connectivity index (χ0v) is 16.1. The number of furan rings is 1. The SMILES string of the molecule is COCC1(C(=O)NCc2ccc(-c3nc4ccccc4s3)o2)CCNCC1. The molecule has 1 amide bonds. The van der Waals surface area contributed by atoms with Crippen molar-refractivity contribution in [3.05, 3.63) is 42.2 Å². The summed E-state index contributed by atoms with van der Waals surface area (Å²) >= 11 is 1.60. The van der Waals surface area contributed by atoms with E-state index in [9.17, 15) is 4.79 Å². The second kappa shape index (κ2) is 7.80. The molecule has 0 radical (unpaired) electrons. The van der Waals surface area contributed by atoms with Crippen molar-refractivity contribution in [1.29, 1.82) is 0 Å². The number of nitrogens with zero attached hydrogens (tertiary/aromatic N) is 1. The predicted molar refractivity (Wildman–Crippen MR) is 106 cm³/mol. The minimum Gasteiger partial charge on any atom is -0.457 e. The fourth-order valence-corrected chi connectivity index (χ4v) is 4.47. The lowest BCUT2D eigenvalue weighted by atomic mass is 9.78. The number of para-hydroxylation sites is 1. The number of amides is 1. The molecule has 0 bridgehead atoms. The number of benzene rings is 1. The highest BCUT2D eigenvalue weighted by Crippen LogP contribution is 2.32. The molecule has 3 heterocycles. The minimum absolute atomic E-state index is 0.0313. The molecule has 7 heteroatoms. The Balaban J connectivity index is 1.44. The summed E-state index contributed by atoms with van der Waals surface area (Å²) in [5.41, 5.74) is 0.513. The van der Waals surface area contributed by atoms with E-state index in [2.05, 4.69) is 21.7 Å². The summed E-state index contributed by atoms with van der Waals surface area (Å²) in [5, 5.41) is 7.18. The first kappa shape index (κ1) is 18.2. The van der Waals surface area contributed by atoms with Crippen LogP contribution in [0.5, 0.6) is 0 Å². The van der Waals surface area contributed by atoms with Gasteiger partial charge in [0.2, 0.25) is 5.91 Å². The van der Waals surface area contributed by atoms with Gasteiger partial charge in [-0.3, -0.25) is 4.79 Å². The molecule has 0 atom stereocenters. The molecule has 27 heavy (non-hydrogen) atoms. The largest absolute Gasteiger partial charge is 0.457 e. The molecule has 3 aromatic rings. The molecule has 142 valence electrons. The molecule has 0 saturated carbocycles. The molecule has 1 aliphatic rings. The van der Waals surface area contributed by atoms with E-state index in [1.165, 1.54) is 0 Å². The van der Waals surface area contributed by atoms with Crippen LogP contribution in [0.25, 0.3) is 21.0 Å². The number of fused-ring (bicyclic) bond motifs is 1. The highest BCUT2D eigenvalue weighted by molar-refractivity contribution is 7.21. The fraction of sp³-hybridized carbons (Fsp3) is 0.400. The van der Waals surface area contributed by atoms with Gasteiger partial charge in [-0.15, -0.1) is 11.3 Å². The molecule has 0 spiro atoms. The van der Waals surface area contributed by atoms with E-state index in [1.807, 2.05) is 30.3 Å². The highest BCUT2D eigenvalue weighted by Gasteiger charge is 2.39. The number of nitrogens with one attached hydrogen (secondary N) is 2. The fourth-order valence-electron chi connectivity index (χ4n) is 3.54. The Morgan fingerprint density at radius 2 is 2.11 bits per heavy atom. The van der Waals surface area contributed by atoms with Gasteiger partial charge in [0.05, 0.1) is 28.8 Å². The molecule has 2 aromatic heterocycles. The van der Waals surface area contributed by atoms with Gasteiger partial charge < -0.3 is 19.8 Å². The quantitative estimate of drug-likeness (QED) is 0.682. The molecule has 6 nitrogen and oxygen atoms in total. The standard InChI is InChI=1S/C20H23N3O3S/c1-25-13-20(8-10-21-11-9-20)19(24)22-12-14-6-7-16(26-14)18-23-15-4-2-3-5-17(15)27-18/h2-7,21H,8-13H2,1H3,(H,22,24). The van der Waals surface area contributed by atoms with E-state index in [4.69, 9.17) is 9.15 Å².